The monoisotopic (exact) mass is 752 g/mol. The average Bonchev–Trinajstić information content (AvgIpc) is 3.86. The fourth-order valence-corrected chi connectivity index (χ4v) is 9.14. The Hall–Kier alpha value is -7.88. The fraction of sp³-hybridized carbons (Fsp3) is 0. The lowest BCUT2D eigenvalue weighted by Crippen LogP contribution is -2.09. The molecule has 0 unspecified atom stereocenters. The van der Waals surface area contributed by atoms with E-state index in [1.807, 2.05) is 6.07 Å². The second-order valence-electron chi connectivity index (χ2n) is 15.3. The van der Waals surface area contributed by atoms with Gasteiger partial charge in [-0.05, 0) is 111 Å². The minimum absolute atomic E-state index is 0.913. The molecule has 12 rings (SSSR count). The first-order valence-electron chi connectivity index (χ1n) is 20.2. The van der Waals surface area contributed by atoms with E-state index in [0.717, 1.165) is 55.5 Å². The highest BCUT2D eigenvalue weighted by atomic mass is 16.3. The summed E-state index contributed by atoms with van der Waals surface area (Å²) in [6.45, 7) is 0. The number of aromatic nitrogens is 1. The molecule has 10 aromatic carbocycles. The number of nitrogens with zero attached hydrogens (tertiary/aromatic N) is 2. The van der Waals surface area contributed by atoms with Gasteiger partial charge < -0.3 is 13.9 Å². The number of para-hydroxylation sites is 3. The van der Waals surface area contributed by atoms with Crippen LogP contribution in [0.1, 0.15) is 0 Å². The normalized spacial score (nSPS) is 11.7. The van der Waals surface area contributed by atoms with Crippen LogP contribution < -0.4 is 4.90 Å². The fourth-order valence-electron chi connectivity index (χ4n) is 9.14. The maximum absolute atomic E-state index is 6.53. The average molecular weight is 753 g/mol. The third kappa shape index (κ3) is 5.44. The Morgan fingerprint density at radius 3 is 1.49 bits per heavy atom. The van der Waals surface area contributed by atoms with Gasteiger partial charge in [0.2, 0.25) is 0 Å². The number of hydrogen-bond acceptors (Lipinski definition) is 2. The molecule has 0 aliphatic rings. The van der Waals surface area contributed by atoms with Crippen LogP contribution in [0.15, 0.2) is 223 Å². The van der Waals surface area contributed by atoms with Crippen molar-refractivity contribution >= 4 is 82.4 Å². The Morgan fingerprint density at radius 1 is 0.339 bits per heavy atom. The van der Waals surface area contributed by atoms with E-state index in [-0.39, 0.29) is 0 Å². The van der Waals surface area contributed by atoms with Crippen molar-refractivity contribution in [1.82, 2.24) is 4.57 Å². The van der Waals surface area contributed by atoms with Crippen LogP contribution in [0, 0.1) is 0 Å². The van der Waals surface area contributed by atoms with E-state index in [9.17, 15) is 0 Å². The maximum Gasteiger partial charge on any atom is 0.143 e. The lowest BCUT2D eigenvalue weighted by molar-refractivity contribution is 0.673. The van der Waals surface area contributed by atoms with Gasteiger partial charge in [-0.25, -0.2) is 0 Å². The summed E-state index contributed by atoms with van der Waals surface area (Å²) in [6, 6.07) is 78.7. The summed E-state index contributed by atoms with van der Waals surface area (Å²) in [6.07, 6.45) is 0. The Labute approximate surface area is 341 Å². The van der Waals surface area contributed by atoms with Crippen LogP contribution in [-0.2, 0) is 0 Å². The number of fused-ring (bicyclic) bond motifs is 10. The lowest BCUT2D eigenvalue weighted by atomic mass is 9.98. The van der Waals surface area contributed by atoms with Crippen LogP contribution in [0.3, 0.4) is 0 Å². The second kappa shape index (κ2) is 13.4. The Morgan fingerprint density at radius 2 is 0.831 bits per heavy atom. The van der Waals surface area contributed by atoms with Crippen molar-refractivity contribution in [2.24, 2.45) is 0 Å². The van der Waals surface area contributed by atoms with Gasteiger partial charge in [-0.1, -0.05) is 146 Å². The van der Waals surface area contributed by atoms with Crippen LogP contribution in [-0.4, -0.2) is 4.57 Å². The highest BCUT2D eigenvalue weighted by Gasteiger charge is 2.17. The molecule has 3 heteroatoms. The summed E-state index contributed by atoms with van der Waals surface area (Å²) >= 11 is 0. The number of rotatable bonds is 6. The molecule has 0 spiro atoms. The molecule has 3 nitrogen and oxygen atoms in total. The molecule has 2 aromatic heterocycles. The summed E-state index contributed by atoms with van der Waals surface area (Å²) in [5, 5.41) is 9.48. The summed E-state index contributed by atoms with van der Waals surface area (Å²) < 4.78 is 8.90. The van der Waals surface area contributed by atoms with E-state index in [4.69, 9.17) is 4.42 Å². The van der Waals surface area contributed by atoms with Gasteiger partial charge in [-0.15, -0.1) is 0 Å². The molecule has 0 saturated heterocycles. The van der Waals surface area contributed by atoms with Crippen molar-refractivity contribution in [3.8, 4) is 27.9 Å². The van der Waals surface area contributed by atoms with E-state index < -0.39 is 0 Å². The van der Waals surface area contributed by atoms with Crippen LogP contribution in [0.2, 0.25) is 0 Å². The summed E-state index contributed by atoms with van der Waals surface area (Å²) in [4.78, 5) is 2.36. The van der Waals surface area contributed by atoms with Crippen LogP contribution in [0.4, 0.5) is 17.1 Å². The van der Waals surface area contributed by atoms with Crippen LogP contribution >= 0.6 is 0 Å². The van der Waals surface area contributed by atoms with E-state index in [0.29, 0.717) is 0 Å². The zero-order chi connectivity index (χ0) is 38.9. The molecule has 0 fully saturated rings. The van der Waals surface area contributed by atoms with Gasteiger partial charge in [0.25, 0.3) is 0 Å². The van der Waals surface area contributed by atoms with Crippen molar-refractivity contribution in [3.05, 3.63) is 218 Å². The second-order valence-corrected chi connectivity index (χ2v) is 15.3. The number of benzene rings is 10. The minimum Gasteiger partial charge on any atom is -0.455 e. The van der Waals surface area contributed by atoms with E-state index in [2.05, 4.69) is 222 Å². The largest absolute Gasteiger partial charge is 0.455 e. The van der Waals surface area contributed by atoms with E-state index in [1.54, 1.807) is 0 Å². The number of hydrogen-bond donors (Lipinski definition) is 0. The first-order valence-corrected chi connectivity index (χ1v) is 20.2. The molecule has 0 atom stereocenters. The van der Waals surface area contributed by atoms with Crippen molar-refractivity contribution in [3.63, 3.8) is 0 Å². The highest BCUT2D eigenvalue weighted by molar-refractivity contribution is 6.23. The number of anilines is 3. The highest BCUT2D eigenvalue weighted by Crippen LogP contribution is 2.42. The molecule has 0 aliphatic heterocycles. The van der Waals surface area contributed by atoms with Gasteiger partial charge in [-0.2, -0.15) is 0 Å². The molecule has 12 aromatic rings. The zero-order valence-electron chi connectivity index (χ0n) is 32.1. The predicted molar refractivity (Wildman–Crippen MR) is 249 cm³/mol. The zero-order valence-corrected chi connectivity index (χ0v) is 32.1. The van der Waals surface area contributed by atoms with Crippen molar-refractivity contribution < 1.29 is 4.42 Å². The molecular formula is C56H36N2O. The smallest absolute Gasteiger partial charge is 0.143 e. The molecule has 59 heavy (non-hydrogen) atoms. The van der Waals surface area contributed by atoms with Gasteiger partial charge in [0.05, 0.1) is 11.0 Å². The predicted octanol–water partition coefficient (Wildman–Crippen LogP) is 15.8. The van der Waals surface area contributed by atoms with Crippen molar-refractivity contribution in [2.75, 3.05) is 4.90 Å². The molecule has 0 radical (unpaired) electrons. The Balaban J connectivity index is 0.944. The summed E-state index contributed by atoms with van der Waals surface area (Å²) in [7, 11) is 0. The van der Waals surface area contributed by atoms with Crippen molar-refractivity contribution in [2.45, 2.75) is 0 Å². The molecule has 0 aliphatic carbocycles. The third-order valence-corrected chi connectivity index (χ3v) is 12.0. The van der Waals surface area contributed by atoms with Gasteiger partial charge in [0, 0.05) is 49.7 Å². The third-order valence-electron chi connectivity index (χ3n) is 12.0. The minimum atomic E-state index is 0.913. The summed E-state index contributed by atoms with van der Waals surface area (Å²) in [5.74, 6) is 0. The molecular weight excluding hydrogens is 717 g/mol. The van der Waals surface area contributed by atoms with E-state index in [1.165, 1.54) is 54.8 Å². The lowest BCUT2D eigenvalue weighted by Gasteiger charge is -2.26. The Bertz CT molecular complexity index is 3470. The van der Waals surface area contributed by atoms with Gasteiger partial charge in [0.15, 0.2) is 0 Å². The van der Waals surface area contributed by atoms with Gasteiger partial charge in [-0.3, -0.25) is 0 Å². The first kappa shape index (κ1) is 33.3. The molecule has 0 amide bonds. The van der Waals surface area contributed by atoms with Crippen LogP contribution in [0.5, 0.6) is 0 Å². The topological polar surface area (TPSA) is 21.3 Å². The van der Waals surface area contributed by atoms with Gasteiger partial charge in [0.1, 0.15) is 11.2 Å². The quantitative estimate of drug-likeness (QED) is 0.158. The molecule has 276 valence electrons. The van der Waals surface area contributed by atoms with Gasteiger partial charge >= 0.3 is 0 Å². The van der Waals surface area contributed by atoms with E-state index >= 15 is 0 Å². The van der Waals surface area contributed by atoms with Crippen molar-refractivity contribution in [1.29, 1.82) is 0 Å². The molecule has 2 heterocycles. The maximum atomic E-state index is 6.53. The molecule has 0 bridgehead atoms. The standard InChI is InChI=1S/C56H36N2O/c1-2-10-37(11-3-1)38-20-27-43(28-21-38)57(46-33-35-47-42(36-46)19-18-41-26-34-51-50-14-6-9-17-54(50)59-56(51)55(41)47)44-29-22-39(23-30-44)40-24-31-45(32-25-40)58-52-15-7-4-12-48(52)49-13-5-8-16-53(49)58/h1-36H. The molecule has 0 N–H and O–H groups in total. The SMILES string of the molecule is c1ccc(-c2ccc(N(c3ccc(-c4ccc(-n5c6ccccc6c6ccccc65)cc4)cc3)c3ccc4c(ccc5ccc6c7ccccc7oc6c54)c3)cc2)cc1. The molecule has 0 saturated carbocycles. The number of furan rings is 1. The first-order chi connectivity index (χ1) is 29.2. The summed E-state index contributed by atoms with van der Waals surface area (Å²) in [5.41, 5.74) is 13.4. The van der Waals surface area contributed by atoms with Crippen LogP contribution in [0.25, 0.3) is 93.2 Å². The Kier molecular flexibility index (Phi) is 7.54.